The second kappa shape index (κ2) is 8.68. The molecule has 0 saturated heterocycles. The van der Waals surface area contributed by atoms with E-state index in [4.69, 9.17) is 9.47 Å². The largest absolute Gasteiger partial charge is 0.493 e. The lowest BCUT2D eigenvalue weighted by Crippen LogP contribution is -2.40. The van der Waals surface area contributed by atoms with Gasteiger partial charge in [0, 0.05) is 18.9 Å². The molecule has 2 rings (SSSR count). The predicted molar refractivity (Wildman–Crippen MR) is 92.2 cm³/mol. The van der Waals surface area contributed by atoms with Crippen molar-refractivity contribution in [2.45, 2.75) is 19.5 Å². The summed E-state index contributed by atoms with van der Waals surface area (Å²) in [7, 11) is 3.09. The Labute approximate surface area is 146 Å². The van der Waals surface area contributed by atoms with Gasteiger partial charge in [-0.25, -0.2) is 0 Å². The normalized spacial score (nSPS) is 11.3. The van der Waals surface area contributed by atoms with Crippen LogP contribution in [0.2, 0.25) is 0 Å². The van der Waals surface area contributed by atoms with Crippen LogP contribution < -0.4 is 20.1 Å². The highest BCUT2D eigenvalue weighted by atomic mass is 16.5. The third kappa shape index (κ3) is 4.94. The van der Waals surface area contributed by atoms with E-state index in [0.717, 1.165) is 11.1 Å². The summed E-state index contributed by atoms with van der Waals surface area (Å²) in [6, 6.07) is 8.49. The van der Waals surface area contributed by atoms with Crippen LogP contribution in [-0.2, 0) is 16.1 Å². The van der Waals surface area contributed by atoms with Gasteiger partial charge in [0.2, 0.25) is 0 Å². The molecule has 7 nitrogen and oxygen atoms in total. The number of benzene rings is 1. The van der Waals surface area contributed by atoms with Crippen molar-refractivity contribution in [3.05, 3.63) is 53.9 Å². The van der Waals surface area contributed by atoms with Gasteiger partial charge in [0.05, 0.1) is 20.3 Å². The Kier molecular flexibility index (Phi) is 6.33. The zero-order valence-corrected chi connectivity index (χ0v) is 14.4. The minimum absolute atomic E-state index is 0.263. The molecule has 0 radical (unpaired) electrons. The molecule has 7 heteroatoms. The summed E-state index contributed by atoms with van der Waals surface area (Å²) < 4.78 is 10.4. The van der Waals surface area contributed by atoms with Crippen molar-refractivity contribution in [3.63, 3.8) is 0 Å². The van der Waals surface area contributed by atoms with Crippen molar-refractivity contribution < 1.29 is 19.1 Å². The lowest BCUT2D eigenvalue weighted by Gasteiger charge is -2.16. The fourth-order valence-corrected chi connectivity index (χ4v) is 2.23. The van der Waals surface area contributed by atoms with Crippen LogP contribution in [0.1, 0.15) is 24.1 Å². The SMILES string of the molecule is COc1ccc(C(C)NC(=O)C(=O)NCc2ccncc2)cc1OC. The molecule has 25 heavy (non-hydrogen) atoms. The van der Waals surface area contributed by atoms with E-state index in [-0.39, 0.29) is 12.6 Å². The van der Waals surface area contributed by atoms with E-state index in [9.17, 15) is 9.59 Å². The molecule has 0 aliphatic carbocycles. The van der Waals surface area contributed by atoms with Gasteiger partial charge in [-0.3, -0.25) is 14.6 Å². The van der Waals surface area contributed by atoms with E-state index in [0.29, 0.717) is 11.5 Å². The van der Waals surface area contributed by atoms with Gasteiger partial charge in [0.15, 0.2) is 11.5 Å². The monoisotopic (exact) mass is 343 g/mol. The topological polar surface area (TPSA) is 89.5 Å². The van der Waals surface area contributed by atoms with Gasteiger partial charge in [-0.05, 0) is 42.3 Å². The molecule has 0 aliphatic rings. The van der Waals surface area contributed by atoms with Gasteiger partial charge in [-0.1, -0.05) is 6.07 Å². The molecular formula is C18H21N3O4. The van der Waals surface area contributed by atoms with Crippen molar-refractivity contribution in [1.82, 2.24) is 15.6 Å². The molecular weight excluding hydrogens is 322 g/mol. The van der Waals surface area contributed by atoms with Crippen LogP contribution in [0.25, 0.3) is 0 Å². The number of carbonyl (C=O) groups excluding carboxylic acids is 2. The van der Waals surface area contributed by atoms with E-state index in [1.807, 2.05) is 0 Å². The Hall–Kier alpha value is -3.09. The van der Waals surface area contributed by atoms with Crippen LogP contribution in [0.4, 0.5) is 0 Å². The number of methoxy groups -OCH3 is 2. The minimum Gasteiger partial charge on any atom is -0.493 e. The number of pyridine rings is 1. The molecule has 1 aromatic carbocycles. The van der Waals surface area contributed by atoms with Crippen molar-refractivity contribution in [2.75, 3.05) is 14.2 Å². The van der Waals surface area contributed by atoms with Gasteiger partial charge < -0.3 is 20.1 Å². The first kappa shape index (κ1) is 18.3. The molecule has 0 bridgehead atoms. The second-order valence-corrected chi connectivity index (χ2v) is 5.35. The van der Waals surface area contributed by atoms with Gasteiger partial charge >= 0.3 is 11.8 Å². The molecule has 0 fully saturated rings. The summed E-state index contributed by atoms with van der Waals surface area (Å²) in [6.07, 6.45) is 3.25. The van der Waals surface area contributed by atoms with Crippen LogP contribution in [0.5, 0.6) is 11.5 Å². The van der Waals surface area contributed by atoms with Crippen molar-refractivity contribution in [1.29, 1.82) is 0 Å². The number of hydrogen-bond acceptors (Lipinski definition) is 5. The molecule has 0 saturated carbocycles. The van der Waals surface area contributed by atoms with E-state index in [1.54, 1.807) is 56.8 Å². The maximum absolute atomic E-state index is 12.0. The number of aromatic nitrogens is 1. The molecule has 0 spiro atoms. The zero-order valence-electron chi connectivity index (χ0n) is 14.4. The Bertz CT molecular complexity index is 734. The zero-order chi connectivity index (χ0) is 18.2. The number of amides is 2. The van der Waals surface area contributed by atoms with Gasteiger partial charge in [-0.15, -0.1) is 0 Å². The number of nitrogens with one attached hydrogen (secondary N) is 2. The first-order chi connectivity index (χ1) is 12.0. The highest BCUT2D eigenvalue weighted by Gasteiger charge is 2.18. The van der Waals surface area contributed by atoms with E-state index < -0.39 is 11.8 Å². The van der Waals surface area contributed by atoms with Crippen LogP contribution in [0, 0.1) is 0 Å². The van der Waals surface area contributed by atoms with Crippen molar-refractivity contribution in [2.24, 2.45) is 0 Å². The van der Waals surface area contributed by atoms with E-state index >= 15 is 0 Å². The molecule has 1 atom stereocenters. The predicted octanol–water partition coefficient (Wildman–Crippen LogP) is 1.59. The van der Waals surface area contributed by atoms with E-state index in [2.05, 4.69) is 15.6 Å². The van der Waals surface area contributed by atoms with Gasteiger partial charge in [-0.2, -0.15) is 0 Å². The van der Waals surface area contributed by atoms with Crippen LogP contribution in [0.15, 0.2) is 42.7 Å². The molecule has 1 aromatic heterocycles. The highest BCUT2D eigenvalue weighted by Crippen LogP contribution is 2.29. The minimum atomic E-state index is -0.698. The molecule has 2 N–H and O–H groups in total. The Morgan fingerprint density at radius 3 is 2.36 bits per heavy atom. The van der Waals surface area contributed by atoms with Gasteiger partial charge in [0.1, 0.15) is 0 Å². The average molecular weight is 343 g/mol. The fraction of sp³-hybridized carbons (Fsp3) is 0.278. The summed E-state index contributed by atoms with van der Waals surface area (Å²) in [4.78, 5) is 27.9. The number of carbonyl (C=O) groups is 2. The van der Waals surface area contributed by atoms with Crippen LogP contribution >= 0.6 is 0 Å². The molecule has 1 unspecified atom stereocenters. The van der Waals surface area contributed by atoms with E-state index in [1.165, 1.54) is 7.11 Å². The first-order valence-electron chi connectivity index (χ1n) is 7.74. The van der Waals surface area contributed by atoms with Crippen molar-refractivity contribution >= 4 is 11.8 Å². The number of rotatable bonds is 6. The lowest BCUT2D eigenvalue weighted by molar-refractivity contribution is -0.139. The first-order valence-corrected chi connectivity index (χ1v) is 7.74. The Morgan fingerprint density at radius 2 is 1.72 bits per heavy atom. The quantitative estimate of drug-likeness (QED) is 0.778. The summed E-state index contributed by atoms with van der Waals surface area (Å²) in [5.41, 5.74) is 1.66. The third-order valence-electron chi connectivity index (χ3n) is 3.66. The van der Waals surface area contributed by atoms with Crippen LogP contribution in [-0.4, -0.2) is 31.0 Å². The summed E-state index contributed by atoms with van der Waals surface area (Å²) in [6.45, 7) is 2.05. The fourth-order valence-electron chi connectivity index (χ4n) is 2.23. The summed E-state index contributed by atoms with van der Waals surface area (Å²) >= 11 is 0. The summed E-state index contributed by atoms with van der Waals surface area (Å²) in [5.74, 6) is -0.233. The standard InChI is InChI=1S/C18H21N3O4/c1-12(14-4-5-15(24-2)16(10-14)25-3)21-18(23)17(22)20-11-13-6-8-19-9-7-13/h4-10,12H,11H2,1-3H3,(H,20,22)(H,21,23). The second-order valence-electron chi connectivity index (χ2n) is 5.35. The number of nitrogens with zero attached hydrogens (tertiary/aromatic N) is 1. The number of ether oxygens (including phenoxy) is 2. The van der Waals surface area contributed by atoms with Crippen molar-refractivity contribution in [3.8, 4) is 11.5 Å². The molecule has 2 aromatic rings. The third-order valence-corrected chi connectivity index (χ3v) is 3.66. The van der Waals surface area contributed by atoms with Gasteiger partial charge in [0.25, 0.3) is 0 Å². The maximum atomic E-state index is 12.0. The molecule has 0 aliphatic heterocycles. The Morgan fingerprint density at radius 1 is 1.04 bits per heavy atom. The molecule has 1 heterocycles. The van der Waals surface area contributed by atoms with Crippen LogP contribution in [0.3, 0.4) is 0 Å². The molecule has 2 amide bonds. The molecule has 132 valence electrons. The Balaban J connectivity index is 1.93. The highest BCUT2D eigenvalue weighted by molar-refractivity contribution is 6.35. The smallest absolute Gasteiger partial charge is 0.309 e. The lowest BCUT2D eigenvalue weighted by atomic mass is 10.1. The maximum Gasteiger partial charge on any atom is 0.309 e. The number of hydrogen-bond donors (Lipinski definition) is 2. The average Bonchev–Trinajstić information content (AvgIpc) is 2.66. The summed E-state index contributed by atoms with van der Waals surface area (Å²) in [5, 5.41) is 5.23.